The van der Waals surface area contributed by atoms with Crippen LogP contribution >= 0.6 is 11.8 Å². The lowest BCUT2D eigenvalue weighted by atomic mass is 10.2. The van der Waals surface area contributed by atoms with Gasteiger partial charge in [-0.3, -0.25) is 0 Å². The maximum absolute atomic E-state index is 6.00. The monoisotopic (exact) mass is 323 g/mol. The fourth-order valence-corrected chi connectivity index (χ4v) is 3.06. The summed E-state index contributed by atoms with van der Waals surface area (Å²) in [6, 6.07) is 15.7. The van der Waals surface area contributed by atoms with Crippen molar-refractivity contribution in [3.8, 4) is 11.6 Å². The summed E-state index contributed by atoms with van der Waals surface area (Å²) in [6.07, 6.45) is 1.59. The van der Waals surface area contributed by atoms with Gasteiger partial charge in [-0.2, -0.15) is 4.52 Å². The van der Waals surface area contributed by atoms with E-state index in [0.717, 1.165) is 10.8 Å². The van der Waals surface area contributed by atoms with Crippen molar-refractivity contribution in [1.82, 2.24) is 19.6 Å². The number of anilines is 1. The molecule has 0 unspecified atom stereocenters. The highest BCUT2D eigenvalue weighted by atomic mass is 32.2. The van der Waals surface area contributed by atoms with Crippen LogP contribution in [0.5, 0.6) is 0 Å². The van der Waals surface area contributed by atoms with Gasteiger partial charge in [-0.15, -0.1) is 16.9 Å². The standard InChI is InChI=1S/C16H13N5OS/c17-16-19-14(23-10-11-5-2-1-3-6-11)9-13-18-15(20-21(13)16)12-7-4-8-22-12/h1-9H,10H2,(H2,17,19). The number of furan rings is 1. The molecular formula is C16H13N5OS. The Morgan fingerprint density at radius 3 is 2.74 bits per heavy atom. The first-order valence-electron chi connectivity index (χ1n) is 7.03. The Hall–Kier alpha value is -2.80. The molecule has 1 aromatic carbocycles. The SMILES string of the molecule is Nc1nc(SCc2ccccc2)cc2nc(-c3ccco3)nn12. The van der Waals surface area contributed by atoms with E-state index in [1.54, 1.807) is 24.1 Å². The fraction of sp³-hybridized carbons (Fsp3) is 0.0625. The van der Waals surface area contributed by atoms with E-state index in [9.17, 15) is 0 Å². The Labute approximate surface area is 136 Å². The predicted octanol–water partition coefficient (Wildman–Crippen LogP) is 3.26. The lowest BCUT2D eigenvalue weighted by Crippen LogP contribution is -2.02. The molecule has 0 atom stereocenters. The lowest BCUT2D eigenvalue weighted by Gasteiger charge is -2.03. The second-order valence-corrected chi connectivity index (χ2v) is 5.91. The van der Waals surface area contributed by atoms with Gasteiger partial charge in [0.05, 0.1) is 6.26 Å². The number of hydrogen-bond donors (Lipinski definition) is 1. The molecule has 3 heterocycles. The highest BCUT2D eigenvalue weighted by molar-refractivity contribution is 7.98. The highest BCUT2D eigenvalue weighted by Gasteiger charge is 2.12. The highest BCUT2D eigenvalue weighted by Crippen LogP contribution is 2.24. The van der Waals surface area contributed by atoms with Crippen LogP contribution in [0.3, 0.4) is 0 Å². The number of nitrogens with two attached hydrogens (primary N) is 1. The number of aromatic nitrogens is 4. The van der Waals surface area contributed by atoms with E-state index in [2.05, 4.69) is 27.2 Å². The molecule has 3 aromatic heterocycles. The molecule has 0 amide bonds. The van der Waals surface area contributed by atoms with Gasteiger partial charge in [0.1, 0.15) is 5.03 Å². The normalized spacial score (nSPS) is 11.1. The summed E-state index contributed by atoms with van der Waals surface area (Å²) >= 11 is 1.61. The molecule has 0 saturated carbocycles. The van der Waals surface area contributed by atoms with E-state index < -0.39 is 0 Å². The molecule has 0 aliphatic rings. The zero-order valence-corrected chi connectivity index (χ0v) is 12.9. The smallest absolute Gasteiger partial charge is 0.224 e. The lowest BCUT2D eigenvalue weighted by molar-refractivity contribution is 0.577. The van der Waals surface area contributed by atoms with E-state index in [-0.39, 0.29) is 0 Å². The number of thioether (sulfide) groups is 1. The molecule has 114 valence electrons. The van der Waals surface area contributed by atoms with E-state index in [4.69, 9.17) is 10.2 Å². The van der Waals surface area contributed by atoms with E-state index >= 15 is 0 Å². The number of rotatable bonds is 4. The largest absolute Gasteiger partial charge is 0.461 e. The molecule has 0 radical (unpaired) electrons. The molecule has 0 aliphatic heterocycles. The average Bonchev–Trinajstić information content (AvgIpc) is 3.23. The summed E-state index contributed by atoms with van der Waals surface area (Å²) in [4.78, 5) is 8.84. The van der Waals surface area contributed by atoms with Crippen LogP contribution in [0.4, 0.5) is 5.95 Å². The predicted molar refractivity (Wildman–Crippen MR) is 88.9 cm³/mol. The van der Waals surface area contributed by atoms with Crippen LogP contribution in [0.2, 0.25) is 0 Å². The van der Waals surface area contributed by atoms with Gasteiger partial charge in [0.15, 0.2) is 11.4 Å². The molecule has 4 rings (SSSR count). The van der Waals surface area contributed by atoms with Crippen molar-refractivity contribution in [2.75, 3.05) is 5.73 Å². The Morgan fingerprint density at radius 2 is 1.96 bits per heavy atom. The Bertz CT molecular complexity index is 934. The van der Waals surface area contributed by atoms with E-state index in [1.807, 2.05) is 30.3 Å². The number of benzene rings is 1. The summed E-state index contributed by atoms with van der Waals surface area (Å²) in [6.45, 7) is 0. The van der Waals surface area contributed by atoms with Crippen LogP contribution in [0.25, 0.3) is 17.2 Å². The van der Waals surface area contributed by atoms with Crippen LogP contribution in [0.15, 0.2) is 64.2 Å². The second-order valence-electron chi connectivity index (χ2n) is 4.91. The maximum Gasteiger partial charge on any atom is 0.224 e. The molecule has 7 heteroatoms. The summed E-state index contributed by atoms with van der Waals surface area (Å²) in [5.41, 5.74) is 7.88. The summed E-state index contributed by atoms with van der Waals surface area (Å²) in [5.74, 6) is 2.23. The quantitative estimate of drug-likeness (QED) is 0.458. The van der Waals surface area contributed by atoms with Crippen LogP contribution in [-0.4, -0.2) is 19.6 Å². The van der Waals surface area contributed by atoms with Crippen molar-refractivity contribution in [1.29, 1.82) is 0 Å². The van der Waals surface area contributed by atoms with Gasteiger partial charge in [-0.05, 0) is 17.7 Å². The zero-order chi connectivity index (χ0) is 15.6. The van der Waals surface area contributed by atoms with Gasteiger partial charge in [0.25, 0.3) is 0 Å². The van der Waals surface area contributed by atoms with Crippen molar-refractivity contribution >= 4 is 23.4 Å². The van der Waals surface area contributed by atoms with Gasteiger partial charge < -0.3 is 10.2 Å². The third-order valence-electron chi connectivity index (χ3n) is 3.30. The van der Waals surface area contributed by atoms with Crippen molar-refractivity contribution in [2.45, 2.75) is 10.8 Å². The van der Waals surface area contributed by atoms with Gasteiger partial charge in [-0.1, -0.05) is 30.3 Å². The minimum absolute atomic E-state index is 0.309. The van der Waals surface area contributed by atoms with Crippen LogP contribution in [0, 0.1) is 0 Å². The Morgan fingerprint density at radius 1 is 1.09 bits per heavy atom. The van der Waals surface area contributed by atoms with Gasteiger partial charge in [0, 0.05) is 11.8 Å². The molecule has 0 fully saturated rings. The molecule has 23 heavy (non-hydrogen) atoms. The van der Waals surface area contributed by atoms with Gasteiger partial charge in [0.2, 0.25) is 11.8 Å². The molecule has 0 bridgehead atoms. The van der Waals surface area contributed by atoms with Crippen LogP contribution < -0.4 is 5.73 Å². The number of hydrogen-bond acceptors (Lipinski definition) is 6. The first-order chi connectivity index (χ1) is 11.3. The van der Waals surface area contributed by atoms with Crippen molar-refractivity contribution < 1.29 is 4.42 Å². The van der Waals surface area contributed by atoms with Gasteiger partial charge in [-0.25, -0.2) is 9.97 Å². The maximum atomic E-state index is 6.00. The number of nitrogen functional groups attached to an aromatic ring is 1. The first-order valence-corrected chi connectivity index (χ1v) is 8.02. The number of nitrogens with zero attached hydrogens (tertiary/aromatic N) is 4. The zero-order valence-electron chi connectivity index (χ0n) is 12.1. The summed E-state index contributed by atoms with van der Waals surface area (Å²) in [7, 11) is 0. The minimum atomic E-state index is 0.309. The third-order valence-corrected chi connectivity index (χ3v) is 4.28. The molecule has 4 aromatic rings. The van der Waals surface area contributed by atoms with Gasteiger partial charge >= 0.3 is 0 Å². The van der Waals surface area contributed by atoms with Crippen molar-refractivity contribution in [3.63, 3.8) is 0 Å². The average molecular weight is 323 g/mol. The molecule has 0 saturated heterocycles. The molecule has 0 spiro atoms. The van der Waals surface area contributed by atoms with E-state index in [0.29, 0.717) is 23.2 Å². The number of fused-ring (bicyclic) bond motifs is 1. The minimum Gasteiger partial charge on any atom is -0.461 e. The summed E-state index contributed by atoms with van der Waals surface area (Å²) in [5, 5.41) is 5.15. The Balaban J connectivity index is 1.64. The second kappa shape index (κ2) is 5.77. The summed E-state index contributed by atoms with van der Waals surface area (Å²) < 4.78 is 6.84. The van der Waals surface area contributed by atoms with Crippen LogP contribution in [-0.2, 0) is 5.75 Å². The first kappa shape index (κ1) is 13.8. The molecular weight excluding hydrogens is 310 g/mol. The topological polar surface area (TPSA) is 82.2 Å². The Kier molecular flexibility index (Phi) is 3.47. The molecule has 6 nitrogen and oxygen atoms in total. The molecule has 2 N–H and O–H groups in total. The third kappa shape index (κ3) is 2.78. The van der Waals surface area contributed by atoms with Crippen molar-refractivity contribution in [3.05, 3.63) is 60.4 Å². The van der Waals surface area contributed by atoms with E-state index in [1.165, 1.54) is 10.1 Å². The molecule has 0 aliphatic carbocycles. The van der Waals surface area contributed by atoms with Crippen LogP contribution in [0.1, 0.15) is 5.56 Å². The van der Waals surface area contributed by atoms with Crippen molar-refractivity contribution in [2.24, 2.45) is 0 Å². The fourth-order valence-electron chi connectivity index (χ4n) is 2.20.